The van der Waals surface area contributed by atoms with E-state index in [0.29, 0.717) is 16.6 Å². The molecule has 0 saturated carbocycles. The molecule has 0 saturated heterocycles. The van der Waals surface area contributed by atoms with Crippen LogP contribution in [0.25, 0.3) is 0 Å². The van der Waals surface area contributed by atoms with Gasteiger partial charge in [0, 0.05) is 6.54 Å². The van der Waals surface area contributed by atoms with Gasteiger partial charge < -0.3 is 15.4 Å². The maximum atomic E-state index is 11.7. The first-order valence-corrected chi connectivity index (χ1v) is 6.85. The van der Waals surface area contributed by atoms with Crippen molar-refractivity contribution in [2.24, 2.45) is 0 Å². The number of amides is 2. The molecule has 0 bridgehead atoms. The average molecular weight is 319 g/mol. The van der Waals surface area contributed by atoms with Gasteiger partial charge in [-0.25, -0.2) is 0 Å². The molecule has 20 heavy (non-hydrogen) atoms. The third kappa shape index (κ3) is 4.90. The number of halogens is 2. The second-order valence-electron chi connectivity index (χ2n) is 4.02. The SMILES string of the molecule is CCNC(=O)C(C)NC(=O)COc1c(Cl)cccc1Cl. The van der Waals surface area contributed by atoms with E-state index in [1.807, 2.05) is 0 Å². The molecule has 1 aromatic carbocycles. The fourth-order valence-corrected chi connectivity index (χ4v) is 1.94. The lowest BCUT2D eigenvalue weighted by molar-refractivity contribution is -0.129. The van der Waals surface area contributed by atoms with Gasteiger partial charge in [-0.05, 0) is 26.0 Å². The van der Waals surface area contributed by atoms with E-state index in [4.69, 9.17) is 27.9 Å². The zero-order valence-electron chi connectivity index (χ0n) is 11.2. The first-order chi connectivity index (χ1) is 9.45. The molecule has 1 rings (SSSR count). The summed E-state index contributed by atoms with van der Waals surface area (Å²) >= 11 is 11.8. The summed E-state index contributed by atoms with van der Waals surface area (Å²) in [5.74, 6) is -0.437. The van der Waals surface area contributed by atoms with Crippen molar-refractivity contribution >= 4 is 35.0 Å². The van der Waals surface area contributed by atoms with Crippen LogP contribution in [0.15, 0.2) is 18.2 Å². The second kappa shape index (κ2) is 7.97. The zero-order chi connectivity index (χ0) is 15.1. The molecular weight excluding hydrogens is 303 g/mol. The summed E-state index contributed by atoms with van der Waals surface area (Å²) in [5.41, 5.74) is 0. The summed E-state index contributed by atoms with van der Waals surface area (Å²) in [7, 11) is 0. The highest BCUT2D eigenvalue weighted by Gasteiger charge is 2.15. The summed E-state index contributed by atoms with van der Waals surface area (Å²) in [6.07, 6.45) is 0. The van der Waals surface area contributed by atoms with Gasteiger partial charge in [-0.1, -0.05) is 29.3 Å². The summed E-state index contributed by atoms with van der Waals surface area (Å²) in [4.78, 5) is 23.1. The highest BCUT2D eigenvalue weighted by molar-refractivity contribution is 6.37. The summed E-state index contributed by atoms with van der Waals surface area (Å²) in [5, 5.41) is 5.76. The van der Waals surface area contributed by atoms with E-state index in [0.717, 1.165) is 0 Å². The van der Waals surface area contributed by atoms with Crippen molar-refractivity contribution in [2.75, 3.05) is 13.2 Å². The van der Waals surface area contributed by atoms with Crippen LogP contribution in [0.2, 0.25) is 10.0 Å². The van der Waals surface area contributed by atoms with Gasteiger partial charge in [0.2, 0.25) is 5.91 Å². The van der Waals surface area contributed by atoms with Crippen LogP contribution in [0.3, 0.4) is 0 Å². The van der Waals surface area contributed by atoms with Crippen LogP contribution >= 0.6 is 23.2 Å². The van der Waals surface area contributed by atoms with Crippen molar-refractivity contribution in [1.29, 1.82) is 0 Å². The Balaban J connectivity index is 2.50. The summed E-state index contributed by atoms with van der Waals surface area (Å²) < 4.78 is 5.26. The number of ether oxygens (including phenoxy) is 1. The minimum Gasteiger partial charge on any atom is -0.481 e. The van der Waals surface area contributed by atoms with E-state index in [-0.39, 0.29) is 18.3 Å². The van der Waals surface area contributed by atoms with E-state index in [9.17, 15) is 9.59 Å². The number of nitrogens with one attached hydrogen (secondary N) is 2. The van der Waals surface area contributed by atoms with E-state index in [1.54, 1.807) is 32.0 Å². The zero-order valence-corrected chi connectivity index (χ0v) is 12.7. The van der Waals surface area contributed by atoms with Crippen LogP contribution in [-0.2, 0) is 9.59 Å². The van der Waals surface area contributed by atoms with Crippen LogP contribution in [0.1, 0.15) is 13.8 Å². The summed E-state index contributed by atoms with van der Waals surface area (Å²) in [6.45, 7) is 3.62. The van der Waals surface area contributed by atoms with E-state index >= 15 is 0 Å². The van der Waals surface area contributed by atoms with Crippen LogP contribution in [0, 0.1) is 0 Å². The largest absolute Gasteiger partial charge is 0.481 e. The Morgan fingerprint density at radius 3 is 2.45 bits per heavy atom. The van der Waals surface area contributed by atoms with Crippen molar-refractivity contribution in [3.05, 3.63) is 28.2 Å². The molecule has 0 aliphatic rings. The Morgan fingerprint density at radius 2 is 1.90 bits per heavy atom. The molecule has 0 aromatic heterocycles. The Labute approximate surface area is 127 Å². The van der Waals surface area contributed by atoms with E-state index < -0.39 is 11.9 Å². The van der Waals surface area contributed by atoms with Gasteiger partial charge in [-0.15, -0.1) is 0 Å². The predicted molar refractivity (Wildman–Crippen MR) is 78.2 cm³/mol. The first kappa shape index (κ1) is 16.6. The Morgan fingerprint density at radius 1 is 1.30 bits per heavy atom. The molecule has 110 valence electrons. The lowest BCUT2D eigenvalue weighted by Crippen LogP contribution is -2.46. The van der Waals surface area contributed by atoms with Crippen molar-refractivity contribution in [3.63, 3.8) is 0 Å². The van der Waals surface area contributed by atoms with Gasteiger partial charge in [0.05, 0.1) is 10.0 Å². The molecule has 2 amide bonds. The molecule has 0 aliphatic carbocycles. The van der Waals surface area contributed by atoms with Crippen molar-refractivity contribution < 1.29 is 14.3 Å². The number of para-hydroxylation sites is 1. The molecule has 7 heteroatoms. The molecule has 5 nitrogen and oxygen atoms in total. The molecule has 1 aromatic rings. The van der Waals surface area contributed by atoms with Crippen molar-refractivity contribution in [3.8, 4) is 5.75 Å². The maximum Gasteiger partial charge on any atom is 0.258 e. The Bertz CT molecular complexity index is 474. The molecule has 2 N–H and O–H groups in total. The van der Waals surface area contributed by atoms with Crippen LogP contribution in [-0.4, -0.2) is 31.0 Å². The van der Waals surface area contributed by atoms with Crippen molar-refractivity contribution in [2.45, 2.75) is 19.9 Å². The van der Waals surface area contributed by atoms with Crippen LogP contribution < -0.4 is 15.4 Å². The first-order valence-electron chi connectivity index (χ1n) is 6.09. The van der Waals surface area contributed by atoms with Gasteiger partial charge in [-0.2, -0.15) is 0 Å². The number of carbonyl (C=O) groups is 2. The normalized spacial score (nSPS) is 11.6. The molecular formula is C13H16Cl2N2O3. The van der Waals surface area contributed by atoms with Crippen LogP contribution in [0.4, 0.5) is 0 Å². The van der Waals surface area contributed by atoms with Gasteiger partial charge in [-0.3, -0.25) is 9.59 Å². The molecule has 0 spiro atoms. The maximum absolute atomic E-state index is 11.7. The molecule has 0 radical (unpaired) electrons. The fraction of sp³-hybridized carbons (Fsp3) is 0.385. The number of rotatable bonds is 6. The fourth-order valence-electron chi connectivity index (χ4n) is 1.43. The van der Waals surface area contributed by atoms with Gasteiger partial charge in [0.1, 0.15) is 6.04 Å². The lowest BCUT2D eigenvalue weighted by atomic mass is 10.3. The topological polar surface area (TPSA) is 67.4 Å². The van der Waals surface area contributed by atoms with E-state index in [2.05, 4.69) is 10.6 Å². The number of benzene rings is 1. The molecule has 1 atom stereocenters. The number of hydrogen-bond acceptors (Lipinski definition) is 3. The number of carbonyl (C=O) groups excluding carboxylic acids is 2. The van der Waals surface area contributed by atoms with Crippen LogP contribution in [0.5, 0.6) is 5.75 Å². The lowest BCUT2D eigenvalue weighted by Gasteiger charge is -2.14. The molecule has 0 fully saturated rings. The predicted octanol–water partition coefficient (Wildman–Crippen LogP) is 2.01. The average Bonchev–Trinajstić information content (AvgIpc) is 2.38. The minimum atomic E-state index is -0.632. The highest BCUT2D eigenvalue weighted by Crippen LogP contribution is 2.32. The molecule has 0 heterocycles. The number of likely N-dealkylation sites (N-methyl/N-ethyl adjacent to an activating group) is 1. The highest BCUT2D eigenvalue weighted by atomic mass is 35.5. The van der Waals surface area contributed by atoms with Gasteiger partial charge >= 0.3 is 0 Å². The minimum absolute atomic E-state index is 0.247. The van der Waals surface area contributed by atoms with E-state index in [1.165, 1.54) is 0 Å². The Hall–Kier alpha value is -1.46. The third-order valence-corrected chi connectivity index (χ3v) is 2.98. The summed E-state index contributed by atoms with van der Waals surface area (Å²) in [6, 6.07) is 4.26. The monoisotopic (exact) mass is 318 g/mol. The number of hydrogen-bond donors (Lipinski definition) is 2. The second-order valence-corrected chi connectivity index (χ2v) is 4.84. The van der Waals surface area contributed by atoms with Gasteiger partial charge in [0.15, 0.2) is 12.4 Å². The molecule has 0 aliphatic heterocycles. The van der Waals surface area contributed by atoms with Crippen molar-refractivity contribution in [1.82, 2.24) is 10.6 Å². The Kier molecular flexibility index (Phi) is 6.61. The smallest absolute Gasteiger partial charge is 0.258 e. The van der Waals surface area contributed by atoms with Gasteiger partial charge in [0.25, 0.3) is 5.91 Å². The standard InChI is InChI=1S/C13H16Cl2N2O3/c1-3-16-13(19)8(2)17-11(18)7-20-12-9(14)5-4-6-10(12)15/h4-6,8H,3,7H2,1-2H3,(H,16,19)(H,17,18). The third-order valence-electron chi connectivity index (χ3n) is 2.39. The quantitative estimate of drug-likeness (QED) is 0.843. The molecule has 1 unspecified atom stereocenters.